The third-order valence-corrected chi connectivity index (χ3v) is 5.28. The molecule has 0 aliphatic carbocycles. The lowest BCUT2D eigenvalue weighted by atomic mass is 10.1. The minimum atomic E-state index is -4.35. The predicted molar refractivity (Wildman–Crippen MR) is 88.6 cm³/mol. The SMILES string of the molecule is C[C@H]1Cc2cc(S(N)(=O)=O)ccc2N1Cc1ccc(C(F)(F)F)cc1. The van der Waals surface area contributed by atoms with Crippen LogP contribution in [0.15, 0.2) is 47.4 Å². The largest absolute Gasteiger partial charge is 0.416 e. The zero-order valence-electron chi connectivity index (χ0n) is 13.4. The maximum Gasteiger partial charge on any atom is 0.416 e. The molecule has 0 bridgehead atoms. The van der Waals surface area contributed by atoms with Crippen molar-refractivity contribution in [3.8, 4) is 0 Å². The second-order valence-electron chi connectivity index (χ2n) is 6.21. The molecule has 3 rings (SSSR count). The molecule has 2 aromatic carbocycles. The Balaban J connectivity index is 1.85. The Kier molecular flexibility index (Phi) is 4.28. The Hall–Kier alpha value is -2.06. The van der Waals surface area contributed by atoms with Gasteiger partial charge in [0.1, 0.15) is 0 Å². The van der Waals surface area contributed by atoms with Gasteiger partial charge in [0.15, 0.2) is 0 Å². The van der Waals surface area contributed by atoms with Crippen LogP contribution in [0, 0.1) is 0 Å². The second kappa shape index (κ2) is 6.03. The van der Waals surface area contributed by atoms with E-state index in [1.807, 2.05) is 11.8 Å². The predicted octanol–water partition coefficient (Wildman–Crippen LogP) is 3.30. The molecule has 0 amide bonds. The summed E-state index contributed by atoms with van der Waals surface area (Å²) in [5.74, 6) is 0. The van der Waals surface area contributed by atoms with Crippen molar-refractivity contribution in [2.45, 2.75) is 37.0 Å². The highest BCUT2D eigenvalue weighted by Gasteiger charge is 2.31. The van der Waals surface area contributed by atoms with E-state index in [0.717, 1.165) is 28.9 Å². The summed E-state index contributed by atoms with van der Waals surface area (Å²) in [4.78, 5) is 2.11. The lowest BCUT2D eigenvalue weighted by Gasteiger charge is -2.25. The van der Waals surface area contributed by atoms with Crippen LogP contribution in [0.4, 0.5) is 18.9 Å². The highest BCUT2D eigenvalue weighted by atomic mass is 32.2. The van der Waals surface area contributed by atoms with E-state index in [1.54, 1.807) is 12.1 Å². The summed E-state index contributed by atoms with van der Waals surface area (Å²) in [6.07, 6.45) is -3.70. The highest BCUT2D eigenvalue weighted by Crippen LogP contribution is 2.35. The number of hydrogen-bond acceptors (Lipinski definition) is 3. The second-order valence-corrected chi connectivity index (χ2v) is 7.77. The molecule has 134 valence electrons. The Morgan fingerprint density at radius 1 is 1.16 bits per heavy atom. The highest BCUT2D eigenvalue weighted by molar-refractivity contribution is 7.89. The van der Waals surface area contributed by atoms with Crippen molar-refractivity contribution < 1.29 is 21.6 Å². The van der Waals surface area contributed by atoms with Crippen LogP contribution < -0.4 is 10.0 Å². The summed E-state index contributed by atoms with van der Waals surface area (Å²) in [6, 6.07) is 9.89. The molecule has 0 aromatic heterocycles. The van der Waals surface area contributed by atoms with Crippen LogP contribution in [-0.2, 0) is 29.2 Å². The zero-order valence-corrected chi connectivity index (χ0v) is 14.2. The van der Waals surface area contributed by atoms with Crippen molar-refractivity contribution in [1.29, 1.82) is 0 Å². The molecule has 2 aromatic rings. The van der Waals surface area contributed by atoms with Gasteiger partial charge in [-0.25, -0.2) is 13.6 Å². The van der Waals surface area contributed by atoms with Gasteiger partial charge in [-0.2, -0.15) is 13.2 Å². The maximum absolute atomic E-state index is 12.6. The fourth-order valence-corrected chi connectivity index (χ4v) is 3.65. The van der Waals surface area contributed by atoms with Crippen molar-refractivity contribution in [2.75, 3.05) is 4.90 Å². The van der Waals surface area contributed by atoms with Crippen LogP contribution in [0.3, 0.4) is 0 Å². The molecule has 0 saturated heterocycles. The van der Waals surface area contributed by atoms with E-state index < -0.39 is 21.8 Å². The molecule has 0 saturated carbocycles. The minimum Gasteiger partial charge on any atom is -0.364 e. The van der Waals surface area contributed by atoms with Gasteiger partial charge in [0.2, 0.25) is 10.0 Å². The van der Waals surface area contributed by atoms with Crippen molar-refractivity contribution in [1.82, 2.24) is 0 Å². The van der Waals surface area contributed by atoms with Gasteiger partial charge < -0.3 is 4.90 Å². The number of nitrogens with zero attached hydrogens (tertiary/aromatic N) is 1. The molecule has 1 heterocycles. The number of alkyl halides is 3. The molecule has 8 heteroatoms. The zero-order chi connectivity index (χ0) is 18.4. The van der Waals surface area contributed by atoms with Gasteiger partial charge in [-0.3, -0.25) is 0 Å². The number of fused-ring (bicyclic) bond motifs is 1. The van der Waals surface area contributed by atoms with Gasteiger partial charge in [-0.15, -0.1) is 0 Å². The average molecular weight is 370 g/mol. The fourth-order valence-electron chi connectivity index (χ4n) is 3.09. The number of sulfonamides is 1. The summed E-state index contributed by atoms with van der Waals surface area (Å²) >= 11 is 0. The number of rotatable bonds is 3. The van der Waals surface area contributed by atoms with E-state index in [2.05, 4.69) is 0 Å². The normalized spacial score (nSPS) is 17.6. The van der Waals surface area contributed by atoms with Crippen molar-refractivity contribution in [3.05, 3.63) is 59.2 Å². The summed E-state index contributed by atoms with van der Waals surface area (Å²) in [6.45, 7) is 2.43. The Labute approximate surface area is 144 Å². The van der Waals surface area contributed by atoms with E-state index in [1.165, 1.54) is 18.2 Å². The van der Waals surface area contributed by atoms with Crippen molar-refractivity contribution in [3.63, 3.8) is 0 Å². The molecule has 1 aliphatic heterocycles. The summed E-state index contributed by atoms with van der Waals surface area (Å²) < 4.78 is 60.9. The third-order valence-electron chi connectivity index (χ3n) is 4.37. The van der Waals surface area contributed by atoms with Crippen LogP contribution in [0.5, 0.6) is 0 Å². The Morgan fingerprint density at radius 2 is 1.80 bits per heavy atom. The molecular weight excluding hydrogens is 353 g/mol. The van der Waals surface area contributed by atoms with Gasteiger partial charge in [0.05, 0.1) is 10.5 Å². The Morgan fingerprint density at radius 3 is 2.36 bits per heavy atom. The standard InChI is InChI=1S/C17H17F3N2O2S/c1-11-8-13-9-15(25(21,23)24)6-7-16(13)22(11)10-12-2-4-14(5-3-12)17(18,19)20/h2-7,9,11H,8,10H2,1H3,(H2,21,23,24)/t11-/m0/s1. The van der Waals surface area contributed by atoms with Gasteiger partial charge in [0, 0.05) is 18.3 Å². The first-order valence-corrected chi connectivity index (χ1v) is 9.19. The molecule has 2 N–H and O–H groups in total. The third kappa shape index (κ3) is 3.64. The van der Waals surface area contributed by atoms with Crippen LogP contribution in [0.25, 0.3) is 0 Å². The number of anilines is 1. The average Bonchev–Trinajstić information content (AvgIpc) is 2.81. The van der Waals surface area contributed by atoms with E-state index in [0.29, 0.717) is 13.0 Å². The first-order chi connectivity index (χ1) is 11.6. The minimum absolute atomic E-state index is 0.0647. The molecule has 0 unspecified atom stereocenters. The van der Waals surface area contributed by atoms with E-state index >= 15 is 0 Å². The topological polar surface area (TPSA) is 63.4 Å². The maximum atomic E-state index is 12.6. The van der Waals surface area contributed by atoms with Crippen molar-refractivity contribution >= 4 is 15.7 Å². The molecule has 1 aliphatic rings. The van der Waals surface area contributed by atoms with Crippen LogP contribution in [0.2, 0.25) is 0 Å². The number of halogens is 3. The summed E-state index contributed by atoms with van der Waals surface area (Å²) in [5, 5.41) is 5.16. The van der Waals surface area contributed by atoms with Crippen LogP contribution in [-0.4, -0.2) is 14.5 Å². The molecule has 4 nitrogen and oxygen atoms in total. The van der Waals surface area contributed by atoms with E-state index in [4.69, 9.17) is 5.14 Å². The van der Waals surface area contributed by atoms with Gasteiger partial charge in [-0.05, 0) is 54.8 Å². The number of hydrogen-bond donors (Lipinski definition) is 1. The number of primary sulfonamides is 1. The van der Waals surface area contributed by atoms with E-state index in [-0.39, 0.29) is 10.9 Å². The summed E-state index contributed by atoms with van der Waals surface area (Å²) in [5.41, 5.74) is 1.82. The number of nitrogens with two attached hydrogens (primary N) is 1. The smallest absolute Gasteiger partial charge is 0.364 e. The lowest BCUT2D eigenvalue weighted by Crippen LogP contribution is -2.28. The fraction of sp³-hybridized carbons (Fsp3) is 0.294. The summed E-state index contributed by atoms with van der Waals surface area (Å²) in [7, 11) is -3.76. The first-order valence-electron chi connectivity index (χ1n) is 7.64. The van der Waals surface area contributed by atoms with Gasteiger partial charge in [-0.1, -0.05) is 12.1 Å². The molecule has 0 fully saturated rings. The molecule has 1 atom stereocenters. The molecule has 0 spiro atoms. The first kappa shape index (κ1) is 17.8. The van der Waals surface area contributed by atoms with Crippen LogP contribution >= 0.6 is 0 Å². The Bertz CT molecular complexity index is 893. The number of benzene rings is 2. The lowest BCUT2D eigenvalue weighted by molar-refractivity contribution is -0.137. The van der Waals surface area contributed by atoms with Gasteiger partial charge in [0.25, 0.3) is 0 Å². The van der Waals surface area contributed by atoms with Gasteiger partial charge >= 0.3 is 6.18 Å². The van der Waals surface area contributed by atoms with Crippen molar-refractivity contribution in [2.24, 2.45) is 5.14 Å². The molecular formula is C17H17F3N2O2S. The molecule has 0 radical (unpaired) electrons. The molecule has 25 heavy (non-hydrogen) atoms. The van der Waals surface area contributed by atoms with Crippen LogP contribution in [0.1, 0.15) is 23.6 Å². The monoisotopic (exact) mass is 370 g/mol. The quantitative estimate of drug-likeness (QED) is 0.902. The van der Waals surface area contributed by atoms with E-state index in [9.17, 15) is 21.6 Å².